The summed E-state index contributed by atoms with van der Waals surface area (Å²) in [5.74, 6) is 0.981. The Kier molecular flexibility index (Phi) is 3.05. The van der Waals surface area contributed by atoms with Gasteiger partial charge in [-0.25, -0.2) is 0 Å². The number of ketones is 1. The fourth-order valence-electron chi connectivity index (χ4n) is 1.97. The minimum Gasteiger partial charge on any atom is -0.490 e. The monoisotopic (exact) mass is 204 g/mol. The SMILES string of the molecule is CC(=O)c1ccc(OC2CCCC2)cc1. The van der Waals surface area contributed by atoms with Gasteiger partial charge in [0.2, 0.25) is 0 Å². The third-order valence-electron chi connectivity index (χ3n) is 2.87. The molecule has 2 nitrogen and oxygen atoms in total. The maximum atomic E-state index is 11.1. The standard InChI is InChI=1S/C13H16O2/c1-10(14)11-6-8-13(9-7-11)15-12-4-2-3-5-12/h6-9,12H,2-5H2,1H3. The fraction of sp³-hybridized carbons (Fsp3) is 0.462. The second-order valence-electron chi connectivity index (χ2n) is 4.10. The average molecular weight is 204 g/mol. The predicted molar refractivity (Wildman–Crippen MR) is 59.3 cm³/mol. The smallest absolute Gasteiger partial charge is 0.159 e. The molecule has 1 aliphatic carbocycles. The van der Waals surface area contributed by atoms with Crippen LogP contribution in [0.1, 0.15) is 43.0 Å². The second kappa shape index (κ2) is 4.47. The van der Waals surface area contributed by atoms with Gasteiger partial charge in [0.15, 0.2) is 5.78 Å². The molecule has 1 saturated carbocycles. The Morgan fingerprint density at radius 1 is 1.20 bits per heavy atom. The molecule has 0 unspecified atom stereocenters. The van der Waals surface area contributed by atoms with Gasteiger partial charge in [0.1, 0.15) is 5.75 Å². The van der Waals surface area contributed by atoms with Crippen molar-refractivity contribution in [1.29, 1.82) is 0 Å². The van der Waals surface area contributed by atoms with Gasteiger partial charge in [-0.05, 0) is 56.9 Å². The normalized spacial score (nSPS) is 16.6. The van der Waals surface area contributed by atoms with Crippen LogP contribution in [-0.2, 0) is 0 Å². The van der Waals surface area contributed by atoms with Gasteiger partial charge >= 0.3 is 0 Å². The van der Waals surface area contributed by atoms with Crippen molar-refractivity contribution in [1.82, 2.24) is 0 Å². The van der Waals surface area contributed by atoms with Gasteiger partial charge in [0, 0.05) is 5.56 Å². The Labute approximate surface area is 90.3 Å². The predicted octanol–water partition coefficient (Wildman–Crippen LogP) is 3.21. The summed E-state index contributed by atoms with van der Waals surface area (Å²) in [6, 6.07) is 7.42. The Hall–Kier alpha value is -1.31. The first-order chi connectivity index (χ1) is 7.25. The summed E-state index contributed by atoms with van der Waals surface area (Å²) >= 11 is 0. The molecular formula is C13H16O2. The Morgan fingerprint density at radius 2 is 1.80 bits per heavy atom. The van der Waals surface area contributed by atoms with Gasteiger partial charge in [-0.1, -0.05) is 0 Å². The van der Waals surface area contributed by atoms with E-state index in [0.29, 0.717) is 6.10 Å². The highest BCUT2D eigenvalue weighted by molar-refractivity contribution is 5.94. The van der Waals surface area contributed by atoms with Gasteiger partial charge in [-0.3, -0.25) is 4.79 Å². The topological polar surface area (TPSA) is 26.3 Å². The van der Waals surface area contributed by atoms with Crippen molar-refractivity contribution < 1.29 is 9.53 Å². The molecule has 0 N–H and O–H groups in total. The first kappa shape index (κ1) is 10.2. The van der Waals surface area contributed by atoms with Crippen LogP contribution in [0, 0.1) is 0 Å². The summed E-state index contributed by atoms with van der Waals surface area (Å²) in [6.07, 6.45) is 5.25. The van der Waals surface area contributed by atoms with Crippen LogP contribution in [0.25, 0.3) is 0 Å². The zero-order valence-electron chi connectivity index (χ0n) is 9.03. The molecule has 2 rings (SSSR count). The van der Waals surface area contributed by atoms with E-state index in [1.807, 2.05) is 24.3 Å². The summed E-state index contributed by atoms with van der Waals surface area (Å²) in [7, 11) is 0. The van der Waals surface area contributed by atoms with Gasteiger partial charge in [0.05, 0.1) is 6.10 Å². The van der Waals surface area contributed by atoms with Crippen molar-refractivity contribution in [3.05, 3.63) is 29.8 Å². The van der Waals surface area contributed by atoms with E-state index in [0.717, 1.165) is 24.2 Å². The third-order valence-corrected chi connectivity index (χ3v) is 2.87. The van der Waals surface area contributed by atoms with Crippen molar-refractivity contribution in [2.45, 2.75) is 38.7 Å². The van der Waals surface area contributed by atoms with Crippen LogP contribution < -0.4 is 4.74 Å². The third kappa shape index (κ3) is 2.58. The summed E-state index contributed by atoms with van der Waals surface area (Å²) in [5.41, 5.74) is 0.744. The van der Waals surface area contributed by atoms with Crippen molar-refractivity contribution >= 4 is 5.78 Å². The lowest BCUT2D eigenvalue weighted by atomic mass is 10.1. The second-order valence-corrected chi connectivity index (χ2v) is 4.10. The van der Waals surface area contributed by atoms with Crippen molar-refractivity contribution in [3.63, 3.8) is 0 Å². The molecule has 0 spiro atoms. The highest BCUT2D eigenvalue weighted by Gasteiger charge is 2.16. The number of ether oxygens (including phenoxy) is 1. The maximum absolute atomic E-state index is 11.1. The van der Waals surface area contributed by atoms with Crippen LogP contribution in [0.2, 0.25) is 0 Å². The van der Waals surface area contributed by atoms with E-state index in [9.17, 15) is 4.79 Å². The number of Topliss-reactive ketones (excluding diaryl/α,β-unsaturated/α-hetero) is 1. The number of hydrogen-bond acceptors (Lipinski definition) is 2. The molecule has 0 saturated heterocycles. The molecule has 0 heterocycles. The number of rotatable bonds is 3. The van der Waals surface area contributed by atoms with Crippen molar-refractivity contribution in [2.24, 2.45) is 0 Å². The first-order valence-electron chi connectivity index (χ1n) is 5.53. The van der Waals surface area contributed by atoms with E-state index in [4.69, 9.17) is 4.74 Å². The van der Waals surface area contributed by atoms with Crippen LogP contribution in [0.3, 0.4) is 0 Å². The van der Waals surface area contributed by atoms with E-state index in [1.54, 1.807) is 6.92 Å². The molecule has 0 amide bonds. The summed E-state index contributed by atoms with van der Waals surface area (Å²) in [5, 5.41) is 0. The van der Waals surface area contributed by atoms with E-state index in [1.165, 1.54) is 12.8 Å². The van der Waals surface area contributed by atoms with Crippen LogP contribution in [0.4, 0.5) is 0 Å². The number of benzene rings is 1. The number of carbonyl (C=O) groups excluding carboxylic acids is 1. The maximum Gasteiger partial charge on any atom is 0.159 e. The minimum absolute atomic E-state index is 0.0995. The molecule has 0 bridgehead atoms. The van der Waals surface area contributed by atoms with Crippen LogP contribution >= 0.6 is 0 Å². The van der Waals surface area contributed by atoms with Crippen molar-refractivity contribution in [3.8, 4) is 5.75 Å². The lowest BCUT2D eigenvalue weighted by molar-refractivity contribution is 0.101. The van der Waals surface area contributed by atoms with Crippen LogP contribution in [-0.4, -0.2) is 11.9 Å². The molecule has 1 aliphatic rings. The lowest BCUT2D eigenvalue weighted by Gasteiger charge is -2.12. The highest BCUT2D eigenvalue weighted by atomic mass is 16.5. The van der Waals surface area contributed by atoms with Gasteiger partial charge in [-0.2, -0.15) is 0 Å². The molecule has 2 heteroatoms. The minimum atomic E-state index is 0.0995. The zero-order chi connectivity index (χ0) is 10.7. The Balaban J connectivity index is 2.00. The van der Waals surface area contributed by atoms with E-state index in [2.05, 4.69) is 0 Å². The molecule has 0 radical (unpaired) electrons. The van der Waals surface area contributed by atoms with Crippen LogP contribution in [0.15, 0.2) is 24.3 Å². The summed E-state index contributed by atoms with van der Waals surface area (Å²) < 4.78 is 5.80. The largest absolute Gasteiger partial charge is 0.490 e. The van der Waals surface area contributed by atoms with Gasteiger partial charge in [-0.15, -0.1) is 0 Å². The van der Waals surface area contributed by atoms with Crippen LogP contribution in [0.5, 0.6) is 5.75 Å². The first-order valence-corrected chi connectivity index (χ1v) is 5.53. The number of hydrogen-bond donors (Lipinski definition) is 0. The molecule has 1 fully saturated rings. The molecule has 80 valence electrons. The van der Waals surface area contributed by atoms with Gasteiger partial charge < -0.3 is 4.74 Å². The summed E-state index contributed by atoms with van der Waals surface area (Å²) in [6.45, 7) is 1.58. The van der Waals surface area contributed by atoms with Gasteiger partial charge in [0.25, 0.3) is 0 Å². The lowest BCUT2D eigenvalue weighted by Crippen LogP contribution is -2.10. The molecule has 0 atom stereocenters. The fourth-order valence-corrected chi connectivity index (χ4v) is 1.97. The van der Waals surface area contributed by atoms with Crippen molar-refractivity contribution in [2.75, 3.05) is 0 Å². The summed E-state index contributed by atoms with van der Waals surface area (Å²) in [4.78, 5) is 11.1. The molecule has 1 aromatic carbocycles. The number of carbonyl (C=O) groups is 1. The Morgan fingerprint density at radius 3 is 2.33 bits per heavy atom. The Bertz CT molecular complexity index is 334. The molecular weight excluding hydrogens is 188 g/mol. The molecule has 15 heavy (non-hydrogen) atoms. The van der Waals surface area contributed by atoms with E-state index >= 15 is 0 Å². The zero-order valence-corrected chi connectivity index (χ0v) is 9.03. The molecule has 0 aromatic heterocycles. The molecule has 0 aliphatic heterocycles. The quantitative estimate of drug-likeness (QED) is 0.707. The average Bonchev–Trinajstić information content (AvgIpc) is 2.71. The van der Waals surface area contributed by atoms with E-state index < -0.39 is 0 Å². The highest BCUT2D eigenvalue weighted by Crippen LogP contribution is 2.24. The van der Waals surface area contributed by atoms with E-state index in [-0.39, 0.29) is 5.78 Å². The molecule has 1 aromatic rings.